The van der Waals surface area contributed by atoms with Crippen molar-refractivity contribution in [2.75, 3.05) is 0 Å². The van der Waals surface area contributed by atoms with Crippen molar-refractivity contribution in [3.8, 4) is 5.75 Å². The second-order valence-corrected chi connectivity index (χ2v) is 8.83. The number of phenols is 1. The van der Waals surface area contributed by atoms with Crippen molar-refractivity contribution in [2.24, 2.45) is 5.92 Å². The Morgan fingerprint density at radius 1 is 0.607 bits per heavy atom. The van der Waals surface area contributed by atoms with E-state index in [-0.39, 0.29) is 0 Å². The maximum absolute atomic E-state index is 10.6. The lowest BCUT2D eigenvalue weighted by Crippen LogP contribution is -2.14. The third kappa shape index (κ3) is 10.5. The molecule has 28 heavy (non-hydrogen) atoms. The van der Waals surface area contributed by atoms with Gasteiger partial charge in [-0.1, -0.05) is 122 Å². The number of unbranched alkanes of at least 4 members (excludes halogenated alkanes) is 10. The average molecular weight is 389 g/mol. The van der Waals surface area contributed by atoms with Crippen molar-refractivity contribution in [1.29, 1.82) is 0 Å². The van der Waals surface area contributed by atoms with Gasteiger partial charge in [-0.15, -0.1) is 0 Å². The molecule has 0 fully saturated rings. The topological polar surface area (TPSA) is 20.2 Å². The molecule has 0 aliphatic rings. The van der Waals surface area contributed by atoms with Crippen LogP contribution in [0.25, 0.3) is 0 Å². The summed E-state index contributed by atoms with van der Waals surface area (Å²) in [4.78, 5) is 0. The van der Waals surface area contributed by atoms with Gasteiger partial charge in [-0.25, -0.2) is 0 Å². The van der Waals surface area contributed by atoms with E-state index in [0.717, 1.165) is 5.92 Å². The fraction of sp³-hybridized carbons (Fsp3) is 0.778. The fourth-order valence-corrected chi connectivity index (χ4v) is 4.61. The highest BCUT2D eigenvalue weighted by Crippen LogP contribution is 2.40. The van der Waals surface area contributed by atoms with Crippen LogP contribution in [0.2, 0.25) is 0 Å². The Hall–Kier alpha value is -0.980. The molecule has 0 spiro atoms. The Morgan fingerprint density at radius 2 is 1.11 bits per heavy atom. The number of phenolic OH excluding ortho intramolecular Hbond substituents is 1. The van der Waals surface area contributed by atoms with Crippen molar-refractivity contribution >= 4 is 0 Å². The molecule has 0 radical (unpaired) electrons. The van der Waals surface area contributed by atoms with Crippen LogP contribution in [0.15, 0.2) is 24.3 Å². The van der Waals surface area contributed by atoms with Gasteiger partial charge in [-0.2, -0.15) is 0 Å². The minimum Gasteiger partial charge on any atom is -0.508 e. The number of aromatic hydroxyl groups is 1. The number of para-hydroxylation sites is 1. The lowest BCUT2D eigenvalue weighted by molar-refractivity contribution is 0.317. The molecule has 0 amide bonds. The van der Waals surface area contributed by atoms with Crippen molar-refractivity contribution in [3.63, 3.8) is 0 Å². The van der Waals surface area contributed by atoms with E-state index in [9.17, 15) is 5.11 Å². The van der Waals surface area contributed by atoms with E-state index in [1.165, 1.54) is 108 Å². The van der Waals surface area contributed by atoms with Crippen LogP contribution < -0.4 is 0 Å². The molecule has 1 rings (SSSR count). The number of benzene rings is 1. The third-order valence-corrected chi connectivity index (χ3v) is 6.38. The quantitative estimate of drug-likeness (QED) is 0.248. The van der Waals surface area contributed by atoms with Crippen molar-refractivity contribution in [2.45, 2.75) is 129 Å². The summed E-state index contributed by atoms with van der Waals surface area (Å²) >= 11 is 0. The van der Waals surface area contributed by atoms with Gasteiger partial charge in [-0.05, 0) is 42.7 Å². The summed E-state index contributed by atoms with van der Waals surface area (Å²) in [5.74, 6) is 1.78. The Labute approximate surface area is 176 Å². The summed E-state index contributed by atoms with van der Waals surface area (Å²) in [6.07, 6.45) is 21.4. The highest BCUT2D eigenvalue weighted by molar-refractivity contribution is 5.35. The maximum Gasteiger partial charge on any atom is 0.119 e. The normalized spacial score (nSPS) is 13.5. The van der Waals surface area contributed by atoms with Gasteiger partial charge in [0.1, 0.15) is 5.75 Å². The predicted molar refractivity (Wildman–Crippen MR) is 125 cm³/mol. The summed E-state index contributed by atoms with van der Waals surface area (Å²) in [6, 6.07) is 8.15. The zero-order chi connectivity index (χ0) is 20.5. The fourth-order valence-electron chi connectivity index (χ4n) is 4.61. The average Bonchev–Trinajstić information content (AvgIpc) is 2.71. The highest BCUT2D eigenvalue weighted by Gasteiger charge is 2.24. The molecule has 0 aliphatic carbocycles. The third-order valence-electron chi connectivity index (χ3n) is 6.38. The molecule has 0 saturated carbocycles. The molecule has 0 saturated heterocycles. The van der Waals surface area contributed by atoms with Gasteiger partial charge in [0.05, 0.1) is 0 Å². The zero-order valence-corrected chi connectivity index (χ0v) is 19.2. The molecule has 162 valence electrons. The molecular weight excluding hydrogens is 340 g/mol. The van der Waals surface area contributed by atoms with Crippen molar-refractivity contribution in [1.82, 2.24) is 0 Å². The lowest BCUT2D eigenvalue weighted by atomic mass is 9.76. The van der Waals surface area contributed by atoms with Gasteiger partial charge in [0.15, 0.2) is 0 Å². The highest BCUT2D eigenvalue weighted by atomic mass is 16.3. The molecule has 0 heterocycles. The summed E-state index contributed by atoms with van der Waals surface area (Å²) < 4.78 is 0. The Balaban J connectivity index is 2.70. The summed E-state index contributed by atoms with van der Waals surface area (Å²) in [5.41, 5.74) is 1.21. The van der Waals surface area contributed by atoms with Gasteiger partial charge in [0, 0.05) is 0 Å². The summed E-state index contributed by atoms with van der Waals surface area (Å²) in [5, 5.41) is 10.6. The second kappa shape index (κ2) is 16.9. The van der Waals surface area contributed by atoms with Gasteiger partial charge < -0.3 is 5.11 Å². The van der Waals surface area contributed by atoms with E-state index in [4.69, 9.17) is 0 Å². The maximum atomic E-state index is 10.6. The van der Waals surface area contributed by atoms with Crippen molar-refractivity contribution < 1.29 is 5.11 Å². The van der Waals surface area contributed by atoms with E-state index < -0.39 is 0 Å². The molecule has 1 heteroatoms. The van der Waals surface area contributed by atoms with E-state index in [1.807, 2.05) is 12.1 Å². The minimum atomic E-state index is 0.519. The van der Waals surface area contributed by atoms with E-state index in [0.29, 0.717) is 11.7 Å². The molecule has 0 bridgehead atoms. The van der Waals surface area contributed by atoms with E-state index >= 15 is 0 Å². The second-order valence-electron chi connectivity index (χ2n) is 8.83. The predicted octanol–water partition coefficient (Wildman–Crippen LogP) is 9.39. The van der Waals surface area contributed by atoms with E-state index in [1.54, 1.807) is 0 Å². The van der Waals surface area contributed by atoms with Gasteiger partial charge in [-0.3, -0.25) is 0 Å². The molecule has 2 atom stereocenters. The molecule has 2 unspecified atom stereocenters. The van der Waals surface area contributed by atoms with Crippen LogP contribution in [0, 0.1) is 5.92 Å². The summed E-state index contributed by atoms with van der Waals surface area (Å²) in [6.45, 7) is 6.88. The first-order chi connectivity index (χ1) is 13.7. The van der Waals surface area contributed by atoms with Crippen LogP contribution in [0.5, 0.6) is 5.75 Å². The standard InChI is InChI=1S/C27H48O/c1-4-7-10-12-13-14-16-21-25(26-22-17-18-23-27(26)28)24(19-9-6-3)20-15-11-8-5-2/h17-18,22-25,28H,4-16,19-21H2,1-3H3. The first kappa shape index (κ1) is 25.1. The lowest BCUT2D eigenvalue weighted by Gasteiger charge is -2.29. The van der Waals surface area contributed by atoms with E-state index in [2.05, 4.69) is 32.9 Å². The zero-order valence-electron chi connectivity index (χ0n) is 19.2. The number of hydrogen-bond acceptors (Lipinski definition) is 1. The van der Waals surface area contributed by atoms with Crippen molar-refractivity contribution in [3.05, 3.63) is 29.8 Å². The molecule has 0 aromatic heterocycles. The molecule has 1 aromatic rings. The molecule has 0 aliphatic heterocycles. The smallest absolute Gasteiger partial charge is 0.119 e. The van der Waals surface area contributed by atoms with Crippen LogP contribution in [-0.4, -0.2) is 5.11 Å². The Morgan fingerprint density at radius 3 is 1.75 bits per heavy atom. The number of hydrogen-bond donors (Lipinski definition) is 1. The first-order valence-corrected chi connectivity index (χ1v) is 12.5. The van der Waals surface area contributed by atoms with Crippen LogP contribution in [-0.2, 0) is 0 Å². The minimum absolute atomic E-state index is 0.519. The van der Waals surface area contributed by atoms with Crippen LogP contribution in [0.4, 0.5) is 0 Å². The Bertz CT molecular complexity index is 467. The monoisotopic (exact) mass is 388 g/mol. The molecule has 1 N–H and O–H groups in total. The SMILES string of the molecule is CCCCCCCCCC(c1ccccc1O)C(CCCC)CCCCCC. The van der Waals surface area contributed by atoms with Gasteiger partial charge in [0.25, 0.3) is 0 Å². The molecular formula is C27H48O. The van der Waals surface area contributed by atoms with Gasteiger partial charge >= 0.3 is 0 Å². The first-order valence-electron chi connectivity index (χ1n) is 12.5. The van der Waals surface area contributed by atoms with Gasteiger partial charge in [0.2, 0.25) is 0 Å². The Kier molecular flexibility index (Phi) is 15.1. The number of rotatable bonds is 18. The van der Waals surface area contributed by atoms with Crippen LogP contribution in [0.1, 0.15) is 135 Å². The largest absolute Gasteiger partial charge is 0.508 e. The molecule has 1 aromatic carbocycles. The van der Waals surface area contributed by atoms with Crippen LogP contribution in [0.3, 0.4) is 0 Å². The van der Waals surface area contributed by atoms with Crippen LogP contribution >= 0.6 is 0 Å². The summed E-state index contributed by atoms with van der Waals surface area (Å²) in [7, 11) is 0. The molecule has 1 nitrogen and oxygen atoms in total.